The molecule has 1 atom stereocenters. The molecule has 16 heavy (non-hydrogen) atoms. The van der Waals surface area contributed by atoms with Gasteiger partial charge in [-0.15, -0.1) is 0 Å². The molecule has 0 saturated heterocycles. The molecule has 0 spiro atoms. The lowest BCUT2D eigenvalue weighted by molar-refractivity contribution is 0.0697. The topological polar surface area (TPSA) is 95.9 Å². The maximum absolute atomic E-state index is 10.6. The van der Waals surface area contributed by atoms with E-state index in [1.165, 1.54) is 12.1 Å². The van der Waals surface area contributed by atoms with Gasteiger partial charge in [0.25, 0.3) is 0 Å². The van der Waals surface area contributed by atoms with Crippen molar-refractivity contribution < 1.29 is 22.8 Å². The van der Waals surface area contributed by atoms with E-state index in [1.807, 2.05) is 0 Å². The van der Waals surface area contributed by atoms with Crippen LogP contribution in [0.4, 0.5) is 0 Å². The van der Waals surface area contributed by atoms with Gasteiger partial charge in [0.2, 0.25) is 0 Å². The largest absolute Gasteiger partial charge is 0.478 e. The van der Waals surface area contributed by atoms with Gasteiger partial charge in [-0.2, -0.15) is 4.21 Å². The number of hydrogen-bond donors (Lipinski definition) is 3. The molecule has 0 aliphatic heterocycles. The summed E-state index contributed by atoms with van der Waals surface area (Å²) in [7, 11) is 0. The van der Waals surface area contributed by atoms with Gasteiger partial charge in [-0.05, 0) is 17.7 Å². The zero-order valence-electron chi connectivity index (χ0n) is 8.25. The third-order valence-corrected chi connectivity index (χ3v) is 2.11. The summed E-state index contributed by atoms with van der Waals surface area (Å²) in [6, 6.07) is 6.30. The van der Waals surface area contributed by atoms with Crippen LogP contribution in [0, 0.1) is 0 Å². The van der Waals surface area contributed by atoms with Gasteiger partial charge < -0.3 is 5.11 Å². The Kier molecular flexibility index (Phi) is 5.06. The van der Waals surface area contributed by atoms with Crippen molar-refractivity contribution in [1.29, 1.82) is 0 Å². The quantitative estimate of drug-likeness (QED) is 0.385. The number of benzene rings is 1. The molecule has 0 fully saturated rings. The van der Waals surface area contributed by atoms with E-state index in [-0.39, 0.29) is 12.3 Å². The first-order valence-electron chi connectivity index (χ1n) is 4.36. The molecule has 3 N–H and O–H groups in total. The van der Waals surface area contributed by atoms with Crippen LogP contribution in [0.3, 0.4) is 0 Å². The summed E-state index contributed by atoms with van der Waals surface area (Å²) in [6.07, 6.45) is 0. The lowest BCUT2D eigenvalue weighted by Crippen LogP contribution is -2.18. The molecule has 1 aromatic carbocycles. The molecule has 0 amide bonds. The molecule has 0 aliphatic rings. The van der Waals surface area contributed by atoms with Crippen molar-refractivity contribution in [3.63, 3.8) is 0 Å². The zero-order valence-corrected chi connectivity index (χ0v) is 9.07. The van der Waals surface area contributed by atoms with E-state index in [0.29, 0.717) is 6.54 Å². The summed E-state index contributed by atoms with van der Waals surface area (Å²) >= 11 is -2.27. The summed E-state index contributed by atoms with van der Waals surface area (Å²) < 4.78 is 22.8. The van der Waals surface area contributed by atoms with E-state index in [1.54, 1.807) is 12.1 Å². The van der Waals surface area contributed by atoms with Crippen molar-refractivity contribution in [2.24, 2.45) is 0 Å². The Morgan fingerprint density at radius 2 is 2.00 bits per heavy atom. The van der Waals surface area contributed by atoms with Crippen LogP contribution in [0.1, 0.15) is 15.9 Å². The van der Waals surface area contributed by atoms with Gasteiger partial charge in [0.05, 0.1) is 5.56 Å². The van der Waals surface area contributed by atoms with Crippen molar-refractivity contribution >= 4 is 17.3 Å². The van der Waals surface area contributed by atoms with Crippen molar-refractivity contribution in [3.8, 4) is 0 Å². The van der Waals surface area contributed by atoms with Gasteiger partial charge in [-0.3, -0.25) is 14.1 Å². The maximum atomic E-state index is 10.6. The second-order valence-corrected chi connectivity index (χ2v) is 3.58. The Bertz CT molecular complexity index is 378. The summed E-state index contributed by atoms with van der Waals surface area (Å²) in [5.41, 5.74) is 1.08. The first-order valence-corrected chi connectivity index (χ1v) is 5.40. The predicted octanol–water partition coefficient (Wildman–Crippen LogP) is 0.585. The molecule has 0 aromatic heterocycles. The van der Waals surface area contributed by atoms with Gasteiger partial charge >= 0.3 is 17.3 Å². The molecule has 0 bridgehead atoms. The van der Waals surface area contributed by atoms with Crippen molar-refractivity contribution in [1.82, 2.24) is 5.32 Å². The van der Waals surface area contributed by atoms with Gasteiger partial charge in [-0.25, -0.2) is 4.79 Å². The van der Waals surface area contributed by atoms with Crippen LogP contribution in [0.25, 0.3) is 0 Å². The summed E-state index contributed by atoms with van der Waals surface area (Å²) in [5.74, 6) is -0.974. The minimum atomic E-state index is -2.27. The Labute approximate surface area is 94.7 Å². The number of carboxylic acid groups (broad SMARTS) is 1. The number of hydrogen-bond acceptors (Lipinski definition) is 4. The van der Waals surface area contributed by atoms with Crippen LogP contribution in [0.2, 0.25) is 0 Å². The molecule has 1 rings (SSSR count). The smallest absolute Gasteiger partial charge is 0.335 e. The lowest BCUT2D eigenvalue weighted by Gasteiger charge is -2.03. The fourth-order valence-electron chi connectivity index (χ4n) is 1.05. The number of nitrogens with one attached hydrogen (secondary N) is 1. The van der Waals surface area contributed by atoms with Crippen molar-refractivity contribution in [2.75, 3.05) is 6.73 Å². The van der Waals surface area contributed by atoms with Crippen LogP contribution in [-0.4, -0.2) is 26.6 Å². The molecule has 0 saturated carbocycles. The fourth-order valence-corrected chi connectivity index (χ4v) is 1.24. The molecule has 88 valence electrons. The van der Waals surface area contributed by atoms with Crippen LogP contribution in [0.5, 0.6) is 0 Å². The molecule has 1 aromatic rings. The zero-order chi connectivity index (χ0) is 12.0. The van der Waals surface area contributed by atoms with Crippen LogP contribution < -0.4 is 5.32 Å². The first-order chi connectivity index (χ1) is 7.59. The molecular formula is C9H11NO5S. The maximum Gasteiger partial charge on any atom is 0.335 e. The number of rotatable bonds is 6. The van der Waals surface area contributed by atoms with E-state index in [9.17, 15) is 9.00 Å². The Morgan fingerprint density at radius 1 is 1.38 bits per heavy atom. The fraction of sp³-hybridized carbons (Fsp3) is 0.222. The second kappa shape index (κ2) is 6.33. The minimum Gasteiger partial charge on any atom is -0.478 e. The molecule has 1 unspecified atom stereocenters. The average Bonchev–Trinajstić information content (AvgIpc) is 2.25. The second-order valence-electron chi connectivity index (χ2n) is 2.91. The molecular weight excluding hydrogens is 234 g/mol. The van der Waals surface area contributed by atoms with Crippen molar-refractivity contribution in [3.05, 3.63) is 35.4 Å². The third kappa shape index (κ3) is 4.49. The molecule has 7 heteroatoms. The SMILES string of the molecule is O=C(O)c1ccc(CNCOS(=O)O)cc1. The number of carboxylic acids is 1. The highest BCUT2D eigenvalue weighted by molar-refractivity contribution is 7.74. The normalized spacial score (nSPS) is 12.3. The molecule has 0 heterocycles. The van der Waals surface area contributed by atoms with Gasteiger partial charge in [0, 0.05) is 6.54 Å². The Balaban J connectivity index is 2.38. The predicted molar refractivity (Wildman–Crippen MR) is 57.0 cm³/mol. The summed E-state index contributed by atoms with van der Waals surface area (Å²) in [5, 5.41) is 11.4. The highest BCUT2D eigenvalue weighted by Crippen LogP contribution is 2.03. The first kappa shape index (κ1) is 12.8. The van der Waals surface area contributed by atoms with E-state index in [0.717, 1.165) is 5.56 Å². The standard InChI is InChI=1S/C9H11NO5S/c11-9(12)8-3-1-7(2-4-8)5-10-6-15-16(13)14/h1-4,10H,5-6H2,(H,11,12)(H,13,14). The summed E-state index contributed by atoms with van der Waals surface area (Å²) in [6.45, 7) is 0.376. The van der Waals surface area contributed by atoms with Crippen LogP contribution in [-0.2, 0) is 22.1 Å². The molecule has 0 radical (unpaired) electrons. The van der Waals surface area contributed by atoms with Gasteiger partial charge in [0.15, 0.2) is 0 Å². The third-order valence-electron chi connectivity index (χ3n) is 1.79. The number of aromatic carboxylic acids is 1. The highest BCUT2D eigenvalue weighted by Gasteiger charge is 2.01. The molecule has 6 nitrogen and oxygen atoms in total. The lowest BCUT2D eigenvalue weighted by atomic mass is 10.1. The van der Waals surface area contributed by atoms with E-state index in [4.69, 9.17) is 9.66 Å². The Hall–Kier alpha value is -1.28. The summed E-state index contributed by atoms with van der Waals surface area (Å²) in [4.78, 5) is 10.6. The minimum absolute atomic E-state index is 0.0518. The molecule has 0 aliphatic carbocycles. The van der Waals surface area contributed by atoms with Crippen LogP contribution in [0.15, 0.2) is 24.3 Å². The van der Waals surface area contributed by atoms with Gasteiger partial charge in [-0.1, -0.05) is 12.1 Å². The average molecular weight is 245 g/mol. The number of carbonyl (C=O) groups is 1. The van der Waals surface area contributed by atoms with E-state index in [2.05, 4.69) is 9.50 Å². The van der Waals surface area contributed by atoms with E-state index >= 15 is 0 Å². The highest BCUT2D eigenvalue weighted by atomic mass is 32.2. The van der Waals surface area contributed by atoms with Crippen molar-refractivity contribution in [2.45, 2.75) is 6.54 Å². The van der Waals surface area contributed by atoms with E-state index < -0.39 is 17.3 Å². The van der Waals surface area contributed by atoms with Crippen LogP contribution >= 0.6 is 0 Å². The Morgan fingerprint density at radius 3 is 2.50 bits per heavy atom. The van der Waals surface area contributed by atoms with Gasteiger partial charge in [0.1, 0.15) is 6.73 Å². The monoisotopic (exact) mass is 245 g/mol.